The van der Waals surface area contributed by atoms with Gasteiger partial charge in [0.25, 0.3) is 0 Å². The smallest absolute Gasteiger partial charge is 0.317 e. The van der Waals surface area contributed by atoms with Crippen LogP contribution in [0.1, 0.15) is 23.4 Å². The molecule has 2 amide bonds. The van der Waals surface area contributed by atoms with Gasteiger partial charge >= 0.3 is 6.03 Å². The van der Waals surface area contributed by atoms with Crippen molar-refractivity contribution in [2.24, 2.45) is 0 Å². The van der Waals surface area contributed by atoms with Crippen LogP contribution in [0, 0.1) is 13.8 Å². The largest absolute Gasteiger partial charge is 0.338 e. The fourth-order valence-electron chi connectivity index (χ4n) is 4.10. The number of alkyl halides is 1. The Hall–Kier alpha value is -2.64. The molecule has 0 unspecified atom stereocenters. The second-order valence-electron chi connectivity index (χ2n) is 8.09. The molecule has 0 saturated carbocycles. The minimum Gasteiger partial charge on any atom is -0.338 e. The Balaban J connectivity index is 1.51. The molecule has 0 radical (unpaired) electrons. The molecule has 1 fully saturated rings. The van der Waals surface area contributed by atoms with Gasteiger partial charge in [-0.15, -0.1) is 11.6 Å². The van der Waals surface area contributed by atoms with Crippen LogP contribution in [0.5, 0.6) is 0 Å². The Kier molecular flexibility index (Phi) is 6.73. The van der Waals surface area contributed by atoms with Crippen LogP contribution < -0.4 is 5.32 Å². The molecule has 7 nitrogen and oxygen atoms in total. The molecule has 0 spiro atoms. The molecule has 8 heteroatoms. The zero-order valence-corrected chi connectivity index (χ0v) is 18.9. The van der Waals surface area contributed by atoms with Gasteiger partial charge in [0.2, 0.25) is 0 Å². The van der Waals surface area contributed by atoms with Crippen molar-refractivity contribution in [3.05, 3.63) is 53.5 Å². The second kappa shape index (κ2) is 9.66. The summed E-state index contributed by atoms with van der Waals surface area (Å²) in [5, 5.41) is 2.94. The van der Waals surface area contributed by atoms with Crippen molar-refractivity contribution in [1.29, 1.82) is 0 Å². The number of imidazole rings is 1. The quantitative estimate of drug-likeness (QED) is 0.470. The number of carbonyl (C=O) groups excluding carboxylic acids is 1. The van der Waals surface area contributed by atoms with E-state index in [0.29, 0.717) is 32.1 Å². The lowest BCUT2D eigenvalue weighted by atomic mass is 10.1. The molecule has 0 bridgehead atoms. The molecule has 0 aliphatic carbocycles. The van der Waals surface area contributed by atoms with Gasteiger partial charge in [-0.2, -0.15) is 0 Å². The molecule has 4 rings (SSSR count). The molecule has 1 aromatic carbocycles. The van der Waals surface area contributed by atoms with E-state index in [-0.39, 0.29) is 6.03 Å². The predicted octanol–water partition coefficient (Wildman–Crippen LogP) is 3.49. The van der Waals surface area contributed by atoms with Gasteiger partial charge in [-0.05, 0) is 55.7 Å². The van der Waals surface area contributed by atoms with Gasteiger partial charge in [-0.25, -0.2) is 14.8 Å². The number of amides is 2. The summed E-state index contributed by atoms with van der Waals surface area (Å²) in [6.07, 6.45) is 2.60. The van der Waals surface area contributed by atoms with Crippen molar-refractivity contribution in [1.82, 2.24) is 29.7 Å². The Labute approximate surface area is 188 Å². The number of hydrogen-bond acceptors (Lipinski definition) is 4. The Bertz CT molecular complexity index is 1040. The van der Waals surface area contributed by atoms with Gasteiger partial charge in [0.1, 0.15) is 11.3 Å². The van der Waals surface area contributed by atoms with Gasteiger partial charge in [-0.1, -0.05) is 6.07 Å². The first-order valence-electron chi connectivity index (χ1n) is 10.8. The van der Waals surface area contributed by atoms with E-state index in [1.54, 1.807) is 0 Å². The minimum atomic E-state index is -0.00330. The van der Waals surface area contributed by atoms with E-state index in [1.165, 1.54) is 11.1 Å². The Morgan fingerprint density at radius 2 is 1.87 bits per heavy atom. The third kappa shape index (κ3) is 4.99. The molecular formula is C23H29ClN6O. The molecule has 0 atom stereocenters. The molecular weight excluding hydrogens is 412 g/mol. The number of hydrogen-bond donors (Lipinski definition) is 1. The molecule has 3 aromatic rings. The highest BCUT2D eigenvalue weighted by Gasteiger charge is 2.23. The number of pyridine rings is 1. The molecule has 3 heterocycles. The number of aromatic nitrogens is 3. The highest BCUT2D eigenvalue weighted by Crippen LogP contribution is 2.23. The minimum absolute atomic E-state index is 0.00330. The number of halogens is 1. The molecule has 1 aliphatic rings. The first kappa shape index (κ1) is 21.6. The van der Waals surface area contributed by atoms with E-state index >= 15 is 0 Å². The number of fused-ring (bicyclic) bond motifs is 1. The third-order valence-electron chi connectivity index (χ3n) is 5.56. The highest BCUT2D eigenvalue weighted by molar-refractivity contribution is 6.17. The third-order valence-corrected chi connectivity index (χ3v) is 5.83. The van der Waals surface area contributed by atoms with Gasteiger partial charge in [-0.3, -0.25) is 9.47 Å². The van der Waals surface area contributed by atoms with Crippen molar-refractivity contribution < 1.29 is 4.79 Å². The van der Waals surface area contributed by atoms with E-state index in [4.69, 9.17) is 16.6 Å². The lowest BCUT2D eigenvalue weighted by molar-refractivity contribution is 0.133. The van der Waals surface area contributed by atoms with Crippen molar-refractivity contribution >= 4 is 28.8 Å². The van der Waals surface area contributed by atoms with Crippen LogP contribution in [0.2, 0.25) is 0 Å². The summed E-state index contributed by atoms with van der Waals surface area (Å²) in [5.74, 6) is 1.53. The molecule has 31 heavy (non-hydrogen) atoms. The summed E-state index contributed by atoms with van der Waals surface area (Å²) in [4.78, 5) is 26.0. The van der Waals surface area contributed by atoms with Crippen LogP contribution in [-0.4, -0.2) is 69.0 Å². The number of rotatable bonds is 6. The Morgan fingerprint density at radius 1 is 1.13 bits per heavy atom. The molecule has 1 saturated heterocycles. The highest BCUT2D eigenvalue weighted by atomic mass is 35.5. The van der Waals surface area contributed by atoms with Crippen LogP contribution in [0.15, 0.2) is 36.5 Å². The van der Waals surface area contributed by atoms with Crippen LogP contribution in [0.3, 0.4) is 0 Å². The summed E-state index contributed by atoms with van der Waals surface area (Å²) in [5.41, 5.74) is 5.29. The molecule has 1 aliphatic heterocycles. The number of nitrogens with one attached hydrogen (secondary N) is 1. The molecule has 164 valence electrons. The average molecular weight is 441 g/mol. The average Bonchev–Trinajstić information content (AvgIpc) is 3.11. The maximum absolute atomic E-state index is 12.3. The number of nitrogens with zero attached hydrogens (tertiary/aromatic N) is 5. The molecule has 1 N–H and O–H groups in total. The summed E-state index contributed by atoms with van der Waals surface area (Å²) >= 11 is 5.69. The SMILES string of the molecule is Cc1cc(C)cc(-n2c(CN3CCN(C(=O)NCCCCl)CC3)nc3cccnc32)c1. The normalized spacial score (nSPS) is 14.9. The van der Waals surface area contributed by atoms with Gasteiger partial charge in [0, 0.05) is 50.5 Å². The zero-order chi connectivity index (χ0) is 21.8. The standard InChI is InChI=1S/C23H29ClN6O/c1-17-13-18(2)15-19(14-17)30-21(27-20-5-3-7-25-22(20)30)16-28-9-11-29(12-10-28)23(31)26-8-4-6-24/h3,5,7,13-15H,4,6,8-12,16H2,1-2H3,(H,26,31). The summed E-state index contributed by atoms with van der Waals surface area (Å²) in [7, 11) is 0. The topological polar surface area (TPSA) is 66.3 Å². The number of aryl methyl sites for hydroxylation is 2. The van der Waals surface area contributed by atoms with Crippen molar-refractivity contribution in [3.8, 4) is 5.69 Å². The zero-order valence-electron chi connectivity index (χ0n) is 18.1. The summed E-state index contributed by atoms with van der Waals surface area (Å²) < 4.78 is 2.17. The maximum Gasteiger partial charge on any atom is 0.317 e. The van der Waals surface area contributed by atoms with Crippen molar-refractivity contribution in [2.45, 2.75) is 26.8 Å². The second-order valence-corrected chi connectivity index (χ2v) is 8.47. The van der Waals surface area contributed by atoms with E-state index in [1.807, 2.05) is 23.2 Å². The van der Waals surface area contributed by atoms with Crippen LogP contribution in [-0.2, 0) is 6.54 Å². The summed E-state index contributed by atoms with van der Waals surface area (Å²) in [6, 6.07) is 10.5. The van der Waals surface area contributed by atoms with Gasteiger partial charge in [0.15, 0.2) is 5.65 Å². The van der Waals surface area contributed by atoms with E-state index < -0.39 is 0 Å². The van der Waals surface area contributed by atoms with Crippen molar-refractivity contribution in [3.63, 3.8) is 0 Å². The lowest BCUT2D eigenvalue weighted by Crippen LogP contribution is -2.51. The van der Waals surface area contributed by atoms with Gasteiger partial charge in [0.05, 0.1) is 6.54 Å². The number of urea groups is 1. The fourth-order valence-corrected chi connectivity index (χ4v) is 4.23. The summed E-state index contributed by atoms with van der Waals surface area (Å²) in [6.45, 7) is 8.59. The molecule has 2 aromatic heterocycles. The van der Waals surface area contributed by atoms with Crippen molar-refractivity contribution in [2.75, 3.05) is 38.6 Å². The van der Waals surface area contributed by atoms with E-state index in [2.05, 4.69) is 51.8 Å². The van der Waals surface area contributed by atoms with E-state index in [0.717, 1.165) is 42.2 Å². The number of piperazine rings is 1. The predicted molar refractivity (Wildman–Crippen MR) is 124 cm³/mol. The first-order chi connectivity index (χ1) is 15.0. The van der Waals surface area contributed by atoms with Crippen LogP contribution >= 0.6 is 11.6 Å². The van der Waals surface area contributed by atoms with Gasteiger partial charge < -0.3 is 10.2 Å². The lowest BCUT2D eigenvalue weighted by Gasteiger charge is -2.34. The first-order valence-corrected chi connectivity index (χ1v) is 11.3. The van der Waals surface area contributed by atoms with Crippen LogP contribution in [0.25, 0.3) is 16.9 Å². The maximum atomic E-state index is 12.3. The Morgan fingerprint density at radius 3 is 2.58 bits per heavy atom. The number of carbonyl (C=O) groups is 1. The monoisotopic (exact) mass is 440 g/mol. The fraction of sp³-hybridized carbons (Fsp3) is 0.435. The van der Waals surface area contributed by atoms with Crippen LogP contribution in [0.4, 0.5) is 4.79 Å². The number of benzene rings is 1. The van der Waals surface area contributed by atoms with E-state index in [9.17, 15) is 4.79 Å².